The van der Waals surface area contributed by atoms with Gasteiger partial charge in [0, 0.05) is 24.6 Å². The lowest BCUT2D eigenvalue weighted by molar-refractivity contribution is -0.177. The Morgan fingerprint density at radius 3 is 2.53 bits per heavy atom. The van der Waals surface area contributed by atoms with Crippen LogP contribution in [0.2, 0.25) is 0 Å². The Bertz CT molecular complexity index is 447. The zero-order valence-electron chi connectivity index (χ0n) is 11.2. The minimum atomic E-state index is -0.310. The Kier molecular flexibility index (Phi) is 3.46. The quantitative estimate of drug-likeness (QED) is 0.890. The van der Waals surface area contributed by atoms with E-state index in [2.05, 4.69) is 5.32 Å². The highest BCUT2D eigenvalue weighted by molar-refractivity contribution is 5.51. The van der Waals surface area contributed by atoms with Gasteiger partial charge < -0.3 is 14.8 Å². The highest BCUT2D eigenvalue weighted by Crippen LogP contribution is 2.36. The molecule has 0 bridgehead atoms. The number of nitrogens with one attached hydrogen (secondary N) is 1. The Morgan fingerprint density at radius 2 is 1.89 bits per heavy atom. The summed E-state index contributed by atoms with van der Waals surface area (Å²) in [5, 5.41) is 3.50. The van der Waals surface area contributed by atoms with Gasteiger partial charge in [-0.2, -0.15) is 0 Å². The molecule has 0 aromatic heterocycles. The largest absolute Gasteiger partial charge is 0.382 e. The lowest BCUT2D eigenvalue weighted by Crippen LogP contribution is -2.39. The zero-order valence-corrected chi connectivity index (χ0v) is 11.2. The molecule has 0 amide bonds. The van der Waals surface area contributed by atoms with E-state index in [4.69, 9.17) is 9.47 Å². The van der Waals surface area contributed by atoms with Gasteiger partial charge in [0.2, 0.25) is 0 Å². The van der Waals surface area contributed by atoms with E-state index in [1.165, 1.54) is 6.07 Å². The third kappa shape index (κ3) is 2.74. The molecule has 2 aliphatic rings. The van der Waals surface area contributed by atoms with E-state index in [1.54, 1.807) is 6.07 Å². The molecule has 4 heteroatoms. The average molecular weight is 265 g/mol. The van der Waals surface area contributed by atoms with Crippen molar-refractivity contribution in [2.75, 3.05) is 18.5 Å². The van der Waals surface area contributed by atoms with Gasteiger partial charge in [0.25, 0.3) is 0 Å². The summed E-state index contributed by atoms with van der Waals surface area (Å²) in [4.78, 5) is 0. The first kappa shape index (κ1) is 12.9. The van der Waals surface area contributed by atoms with Crippen LogP contribution in [-0.4, -0.2) is 25.0 Å². The Hall–Kier alpha value is -1.13. The van der Waals surface area contributed by atoms with Crippen LogP contribution in [-0.2, 0) is 9.47 Å². The molecule has 0 radical (unpaired) electrons. The average Bonchev–Trinajstić information content (AvgIpc) is 2.84. The molecule has 0 atom stereocenters. The summed E-state index contributed by atoms with van der Waals surface area (Å²) in [6.07, 6.45) is 3.92. The number of ether oxygens (including phenoxy) is 2. The number of hydrogen-bond donors (Lipinski definition) is 1. The Labute approximate surface area is 113 Å². The minimum absolute atomic E-state index is 0.182. The fourth-order valence-corrected chi connectivity index (χ4v) is 3.00. The predicted octanol–water partition coefficient (Wildman–Crippen LogP) is 3.23. The summed E-state index contributed by atoms with van der Waals surface area (Å²) >= 11 is 0. The maximum Gasteiger partial charge on any atom is 0.168 e. The molecular weight excluding hydrogens is 245 g/mol. The van der Waals surface area contributed by atoms with Crippen molar-refractivity contribution in [2.45, 2.75) is 44.4 Å². The van der Waals surface area contributed by atoms with E-state index in [0.29, 0.717) is 6.04 Å². The van der Waals surface area contributed by atoms with Gasteiger partial charge in [-0.15, -0.1) is 0 Å². The second kappa shape index (κ2) is 5.10. The van der Waals surface area contributed by atoms with Crippen LogP contribution < -0.4 is 5.32 Å². The molecule has 1 aromatic carbocycles. The number of rotatable bonds is 2. The normalized spacial score (nSPS) is 22.8. The van der Waals surface area contributed by atoms with Gasteiger partial charge in [-0.3, -0.25) is 0 Å². The van der Waals surface area contributed by atoms with Crippen molar-refractivity contribution in [3.8, 4) is 0 Å². The van der Waals surface area contributed by atoms with Crippen LogP contribution in [0, 0.1) is 12.7 Å². The fraction of sp³-hybridized carbons (Fsp3) is 0.600. The van der Waals surface area contributed by atoms with Crippen LogP contribution in [0.25, 0.3) is 0 Å². The van der Waals surface area contributed by atoms with Crippen molar-refractivity contribution in [1.29, 1.82) is 0 Å². The SMILES string of the molecule is Cc1cc(F)ccc1NC1CCC2(CC1)OCCO2. The molecule has 1 N–H and O–H groups in total. The number of halogens is 1. The molecule has 3 rings (SSSR count). The molecular formula is C15H20FNO2. The summed E-state index contributed by atoms with van der Waals surface area (Å²) in [7, 11) is 0. The van der Waals surface area contributed by atoms with Gasteiger partial charge in [0.1, 0.15) is 5.82 Å². The van der Waals surface area contributed by atoms with Gasteiger partial charge in [0.15, 0.2) is 5.79 Å². The molecule has 1 spiro atoms. The van der Waals surface area contributed by atoms with Gasteiger partial charge in [0.05, 0.1) is 13.2 Å². The second-order valence-electron chi connectivity index (χ2n) is 5.49. The maximum atomic E-state index is 13.1. The van der Waals surface area contributed by atoms with E-state index in [0.717, 1.165) is 50.1 Å². The van der Waals surface area contributed by atoms with Crippen molar-refractivity contribution in [1.82, 2.24) is 0 Å². The molecule has 1 heterocycles. The van der Waals surface area contributed by atoms with Gasteiger partial charge in [-0.1, -0.05) is 0 Å². The van der Waals surface area contributed by atoms with Gasteiger partial charge in [-0.05, 0) is 43.5 Å². The molecule has 104 valence electrons. The molecule has 1 aliphatic heterocycles. The number of hydrogen-bond acceptors (Lipinski definition) is 3. The van der Waals surface area contributed by atoms with E-state index in [1.807, 2.05) is 13.0 Å². The Morgan fingerprint density at radius 1 is 1.21 bits per heavy atom. The van der Waals surface area contributed by atoms with E-state index in [9.17, 15) is 4.39 Å². The van der Waals surface area contributed by atoms with Crippen LogP contribution in [0.1, 0.15) is 31.2 Å². The molecule has 1 aromatic rings. The summed E-state index contributed by atoms with van der Waals surface area (Å²) < 4.78 is 24.5. The molecule has 1 aliphatic carbocycles. The standard InChI is InChI=1S/C15H20FNO2/c1-11-10-12(16)2-3-14(11)17-13-4-6-15(7-5-13)18-8-9-19-15/h2-3,10,13,17H,4-9H2,1H3. The molecule has 1 saturated carbocycles. The zero-order chi connectivity index (χ0) is 13.3. The van der Waals surface area contributed by atoms with Gasteiger partial charge >= 0.3 is 0 Å². The van der Waals surface area contributed by atoms with Crippen molar-refractivity contribution < 1.29 is 13.9 Å². The van der Waals surface area contributed by atoms with Crippen LogP contribution in [0.15, 0.2) is 18.2 Å². The lowest BCUT2D eigenvalue weighted by Gasteiger charge is -2.36. The number of benzene rings is 1. The summed E-state index contributed by atoms with van der Waals surface area (Å²) in [6, 6.07) is 5.30. The first-order chi connectivity index (χ1) is 9.17. The third-order valence-corrected chi connectivity index (χ3v) is 4.11. The summed E-state index contributed by atoms with van der Waals surface area (Å²) in [5.41, 5.74) is 1.98. The molecule has 2 fully saturated rings. The lowest BCUT2D eigenvalue weighted by atomic mass is 9.89. The van der Waals surface area contributed by atoms with Gasteiger partial charge in [-0.25, -0.2) is 4.39 Å². The van der Waals surface area contributed by atoms with Crippen molar-refractivity contribution >= 4 is 5.69 Å². The van der Waals surface area contributed by atoms with Crippen molar-refractivity contribution in [2.24, 2.45) is 0 Å². The van der Waals surface area contributed by atoms with E-state index < -0.39 is 0 Å². The van der Waals surface area contributed by atoms with Crippen LogP contribution >= 0.6 is 0 Å². The van der Waals surface area contributed by atoms with E-state index in [-0.39, 0.29) is 11.6 Å². The molecule has 1 saturated heterocycles. The first-order valence-corrected chi connectivity index (χ1v) is 6.97. The summed E-state index contributed by atoms with van der Waals surface area (Å²) in [6.45, 7) is 3.36. The minimum Gasteiger partial charge on any atom is -0.382 e. The monoisotopic (exact) mass is 265 g/mol. The molecule has 0 unspecified atom stereocenters. The van der Waals surface area contributed by atoms with Crippen LogP contribution in [0.4, 0.5) is 10.1 Å². The number of aryl methyl sites for hydroxylation is 1. The fourth-order valence-electron chi connectivity index (χ4n) is 3.00. The summed E-state index contributed by atoms with van der Waals surface area (Å²) in [5.74, 6) is -0.492. The maximum absolute atomic E-state index is 13.1. The highest BCUT2D eigenvalue weighted by Gasteiger charge is 2.40. The second-order valence-corrected chi connectivity index (χ2v) is 5.49. The number of anilines is 1. The van der Waals surface area contributed by atoms with Crippen molar-refractivity contribution in [3.63, 3.8) is 0 Å². The molecule has 19 heavy (non-hydrogen) atoms. The smallest absolute Gasteiger partial charge is 0.168 e. The topological polar surface area (TPSA) is 30.5 Å². The molecule has 3 nitrogen and oxygen atoms in total. The van der Waals surface area contributed by atoms with Crippen LogP contribution in [0.5, 0.6) is 0 Å². The first-order valence-electron chi connectivity index (χ1n) is 6.97. The Balaban J connectivity index is 1.60. The third-order valence-electron chi connectivity index (χ3n) is 4.11. The highest BCUT2D eigenvalue weighted by atomic mass is 19.1. The van der Waals surface area contributed by atoms with Crippen molar-refractivity contribution in [3.05, 3.63) is 29.6 Å². The van der Waals surface area contributed by atoms with E-state index >= 15 is 0 Å². The van der Waals surface area contributed by atoms with Crippen LogP contribution in [0.3, 0.4) is 0 Å². The predicted molar refractivity (Wildman–Crippen MR) is 71.7 cm³/mol.